The number of benzene rings is 1. The maximum atomic E-state index is 12.4. The molecule has 7 nitrogen and oxygen atoms in total. The number of likely N-dealkylation sites (tertiary alicyclic amines) is 1. The number of hydrogen-bond donors (Lipinski definition) is 2. The van der Waals surface area contributed by atoms with Gasteiger partial charge in [0.1, 0.15) is 11.6 Å². The van der Waals surface area contributed by atoms with Crippen LogP contribution in [-0.2, 0) is 9.53 Å². The number of nitrogens with one attached hydrogen (secondary N) is 1. The number of amides is 1. The molecule has 0 saturated carbocycles. The van der Waals surface area contributed by atoms with Gasteiger partial charge in [-0.05, 0) is 56.7 Å². The minimum atomic E-state index is -0.999. The molecule has 2 atom stereocenters. The third-order valence-corrected chi connectivity index (χ3v) is 4.54. The SMILES string of the molecule is CC(C)(C)OC(=O)N1CC(CNc2ccc3cnccc3c2)C[C@H]1C(=O)O. The molecular formula is C20H25N3O4. The van der Waals surface area contributed by atoms with Crippen LogP contribution in [-0.4, -0.2) is 51.8 Å². The summed E-state index contributed by atoms with van der Waals surface area (Å²) in [5, 5.41) is 15.0. The van der Waals surface area contributed by atoms with Gasteiger partial charge in [0.2, 0.25) is 0 Å². The van der Waals surface area contributed by atoms with E-state index < -0.39 is 23.7 Å². The van der Waals surface area contributed by atoms with Crippen LogP contribution in [0.2, 0.25) is 0 Å². The molecule has 0 radical (unpaired) electrons. The zero-order chi connectivity index (χ0) is 19.6. The fourth-order valence-corrected chi connectivity index (χ4v) is 3.28. The third-order valence-electron chi connectivity index (χ3n) is 4.54. The van der Waals surface area contributed by atoms with Crippen LogP contribution in [0.3, 0.4) is 0 Å². The molecule has 1 aromatic carbocycles. The average molecular weight is 371 g/mol. The van der Waals surface area contributed by atoms with Crippen molar-refractivity contribution in [1.29, 1.82) is 0 Å². The van der Waals surface area contributed by atoms with Gasteiger partial charge in [-0.15, -0.1) is 0 Å². The summed E-state index contributed by atoms with van der Waals surface area (Å²) in [5.41, 5.74) is 0.299. The molecule has 2 N–H and O–H groups in total. The second-order valence-corrected chi connectivity index (χ2v) is 7.91. The quantitative estimate of drug-likeness (QED) is 0.856. The number of carboxylic acid groups (broad SMARTS) is 1. The Morgan fingerprint density at radius 2 is 2.07 bits per heavy atom. The maximum absolute atomic E-state index is 12.4. The fourth-order valence-electron chi connectivity index (χ4n) is 3.28. The van der Waals surface area contributed by atoms with Crippen molar-refractivity contribution in [3.63, 3.8) is 0 Å². The Morgan fingerprint density at radius 3 is 2.78 bits per heavy atom. The molecule has 2 heterocycles. The predicted octanol–water partition coefficient (Wildman–Crippen LogP) is 3.36. The van der Waals surface area contributed by atoms with Crippen molar-refractivity contribution in [3.05, 3.63) is 36.7 Å². The fraction of sp³-hybridized carbons (Fsp3) is 0.450. The van der Waals surface area contributed by atoms with Gasteiger partial charge >= 0.3 is 12.1 Å². The van der Waals surface area contributed by atoms with Crippen LogP contribution in [0.15, 0.2) is 36.7 Å². The Hall–Kier alpha value is -2.83. The lowest BCUT2D eigenvalue weighted by molar-refractivity contribution is -0.142. The molecular weight excluding hydrogens is 346 g/mol. The molecule has 27 heavy (non-hydrogen) atoms. The van der Waals surface area contributed by atoms with Crippen molar-refractivity contribution < 1.29 is 19.4 Å². The molecule has 3 rings (SSSR count). The molecule has 0 spiro atoms. The standard InChI is InChI=1S/C20H25N3O4/c1-20(2,3)27-19(26)23-12-13(8-17(23)18(24)25)10-22-16-5-4-15-11-21-7-6-14(15)9-16/h4-7,9,11,13,17,22H,8,10,12H2,1-3H3,(H,24,25)/t13?,17-/m0/s1. The van der Waals surface area contributed by atoms with Gasteiger partial charge in [0, 0.05) is 36.6 Å². The Morgan fingerprint density at radius 1 is 1.30 bits per heavy atom. The molecule has 1 aliphatic rings. The molecule has 1 amide bonds. The summed E-state index contributed by atoms with van der Waals surface area (Å²) in [7, 11) is 0. The molecule has 1 unspecified atom stereocenters. The topological polar surface area (TPSA) is 91.8 Å². The molecule has 144 valence electrons. The number of pyridine rings is 1. The van der Waals surface area contributed by atoms with E-state index in [9.17, 15) is 14.7 Å². The summed E-state index contributed by atoms with van der Waals surface area (Å²) in [4.78, 5) is 29.4. The first-order valence-corrected chi connectivity index (χ1v) is 9.03. The molecule has 7 heteroatoms. The van der Waals surface area contributed by atoms with E-state index in [2.05, 4.69) is 10.3 Å². The Bertz CT molecular complexity index is 846. The van der Waals surface area contributed by atoms with Crippen LogP contribution in [0.4, 0.5) is 10.5 Å². The number of fused-ring (bicyclic) bond motifs is 1. The maximum Gasteiger partial charge on any atom is 0.411 e. The van der Waals surface area contributed by atoms with E-state index in [1.165, 1.54) is 4.90 Å². The van der Waals surface area contributed by atoms with Crippen molar-refractivity contribution in [2.75, 3.05) is 18.4 Å². The lowest BCUT2D eigenvalue weighted by atomic mass is 10.1. The number of aromatic nitrogens is 1. The van der Waals surface area contributed by atoms with Crippen molar-refractivity contribution in [3.8, 4) is 0 Å². The van der Waals surface area contributed by atoms with Crippen LogP contribution in [0.1, 0.15) is 27.2 Å². The molecule has 2 aromatic rings. The normalized spacial score (nSPS) is 19.9. The number of aliphatic carboxylic acids is 1. The van der Waals surface area contributed by atoms with Crippen molar-refractivity contribution in [2.24, 2.45) is 5.92 Å². The first kappa shape index (κ1) is 18.9. The van der Waals surface area contributed by atoms with E-state index in [0.717, 1.165) is 16.5 Å². The summed E-state index contributed by atoms with van der Waals surface area (Å²) in [5.74, 6) is -0.965. The van der Waals surface area contributed by atoms with Gasteiger partial charge in [-0.1, -0.05) is 6.07 Å². The van der Waals surface area contributed by atoms with Gasteiger partial charge in [-0.2, -0.15) is 0 Å². The molecule has 0 aliphatic carbocycles. The van der Waals surface area contributed by atoms with Crippen molar-refractivity contribution in [2.45, 2.75) is 38.8 Å². The van der Waals surface area contributed by atoms with Gasteiger partial charge in [0.05, 0.1) is 0 Å². The Labute approximate surface area is 158 Å². The zero-order valence-electron chi connectivity index (χ0n) is 15.8. The minimum absolute atomic E-state index is 0.0340. The van der Waals surface area contributed by atoms with Crippen LogP contribution < -0.4 is 5.32 Å². The Balaban J connectivity index is 1.64. The summed E-state index contributed by atoms with van der Waals surface area (Å²) >= 11 is 0. The van der Waals surface area contributed by atoms with E-state index in [1.54, 1.807) is 27.0 Å². The third kappa shape index (κ3) is 4.67. The number of carboxylic acids is 1. The number of carbonyl (C=O) groups excluding carboxylic acids is 1. The van der Waals surface area contributed by atoms with E-state index in [-0.39, 0.29) is 5.92 Å². The summed E-state index contributed by atoms with van der Waals surface area (Å²) in [6, 6.07) is 7.09. The largest absolute Gasteiger partial charge is 0.480 e. The van der Waals surface area contributed by atoms with Crippen LogP contribution in [0, 0.1) is 5.92 Å². The van der Waals surface area contributed by atoms with E-state index >= 15 is 0 Å². The first-order chi connectivity index (χ1) is 12.7. The van der Waals surface area contributed by atoms with Gasteiger partial charge in [-0.3, -0.25) is 9.88 Å². The highest BCUT2D eigenvalue weighted by Crippen LogP contribution is 2.27. The van der Waals surface area contributed by atoms with Gasteiger partial charge < -0.3 is 15.2 Å². The number of nitrogens with zero attached hydrogens (tertiary/aromatic N) is 2. The van der Waals surface area contributed by atoms with Crippen LogP contribution in [0.25, 0.3) is 10.8 Å². The van der Waals surface area contributed by atoms with Gasteiger partial charge in [-0.25, -0.2) is 9.59 Å². The number of hydrogen-bond acceptors (Lipinski definition) is 5. The minimum Gasteiger partial charge on any atom is -0.480 e. The van der Waals surface area contributed by atoms with Crippen LogP contribution >= 0.6 is 0 Å². The number of carbonyl (C=O) groups is 2. The Kier molecular flexibility index (Phi) is 5.21. The first-order valence-electron chi connectivity index (χ1n) is 9.03. The van der Waals surface area contributed by atoms with E-state index in [0.29, 0.717) is 19.5 Å². The molecule has 0 bridgehead atoms. The lowest BCUT2D eigenvalue weighted by Gasteiger charge is -2.26. The predicted molar refractivity (Wildman–Crippen MR) is 103 cm³/mol. The smallest absolute Gasteiger partial charge is 0.411 e. The van der Waals surface area contributed by atoms with Crippen molar-refractivity contribution >= 4 is 28.5 Å². The number of anilines is 1. The lowest BCUT2D eigenvalue weighted by Crippen LogP contribution is -2.43. The highest BCUT2D eigenvalue weighted by atomic mass is 16.6. The summed E-state index contributed by atoms with van der Waals surface area (Å²) in [6.07, 6.45) is 3.39. The summed E-state index contributed by atoms with van der Waals surface area (Å²) in [6.45, 7) is 6.25. The average Bonchev–Trinajstić information content (AvgIpc) is 3.03. The van der Waals surface area contributed by atoms with E-state index in [1.807, 2.05) is 30.5 Å². The van der Waals surface area contributed by atoms with Crippen molar-refractivity contribution in [1.82, 2.24) is 9.88 Å². The highest BCUT2D eigenvalue weighted by Gasteiger charge is 2.41. The van der Waals surface area contributed by atoms with Gasteiger partial charge in [0.25, 0.3) is 0 Å². The molecule has 1 fully saturated rings. The molecule has 1 saturated heterocycles. The van der Waals surface area contributed by atoms with Crippen LogP contribution in [0.5, 0.6) is 0 Å². The summed E-state index contributed by atoms with van der Waals surface area (Å²) < 4.78 is 5.36. The second kappa shape index (κ2) is 7.42. The molecule has 1 aromatic heterocycles. The zero-order valence-corrected chi connectivity index (χ0v) is 15.8. The second-order valence-electron chi connectivity index (χ2n) is 7.91. The monoisotopic (exact) mass is 371 g/mol. The van der Waals surface area contributed by atoms with E-state index in [4.69, 9.17) is 4.74 Å². The van der Waals surface area contributed by atoms with Gasteiger partial charge in [0.15, 0.2) is 0 Å². The highest BCUT2D eigenvalue weighted by molar-refractivity contribution is 5.85. The molecule has 1 aliphatic heterocycles. The number of ether oxygens (including phenoxy) is 1. The number of rotatable bonds is 4.